The SMILES string of the molecule is C/C=C\c1ccc(O)cc1C=O. The van der Waals surface area contributed by atoms with E-state index in [1.807, 2.05) is 19.1 Å². The van der Waals surface area contributed by atoms with E-state index in [-0.39, 0.29) is 5.75 Å². The second-order valence-electron chi connectivity index (χ2n) is 2.43. The minimum Gasteiger partial charge on any atom is -0.508 e. The molecule has 0 spiro atoms. The van der Waals surface area contributed by atoms with Crippen LogP contribution in [0.5, 0.6) is 5.75 Å². The first-order valence-corrected chi connectivity index (χ1v) is 3.69. The van der Waals surface area contributed by atoms with Crippen LogP contribution in [0, 0.1) is 0 Å². The summed E-state index contributed by atoms with van der Waals surface area (Å²) in [6, 6.07) is 4.71. The van der Waals surface area contributed by atoms with Gasteiger partial charge >= 0.3 is 0 Å². The van der Waals surface area contributed by atoms with E-state index in [1.54, 1.807) is 12.1 Å². The molecule has 62 valence electrons. The van der Waals surface area contributed by atoms with Crippen LogP contribution in [0.25, 0.3) is 6.08 Å². The van der Waals surface area contributed by atoms with Gasteiger partial charge in [-0.2, -0.15) is 0 Å². The van der Waals surface area contributed by atoms with E-state index in [0.717, 1.165) is 11.8 Å². The maximum absolute atomic E-state index is 10.5. The van der Waals surface area contributed by atoms with Gasteiger partial charge in [0, 0.05) is 5.56 Å². The first-order chi connectivity index (χ1) is 5.77. The summed E-state index contributed by atoms with van der Waals surface area (Å²) < 4.78 is 0. The number of carbonyl (C=O) groups is 1. The summed E-state index contributed by atoms with van der Waals surface area (Å²) in [4.78, 5) is 10.5. The average Bonchev–Trinajstić information content (AvgIpc) is 2.08. The fraction of sp³-hybridized carbons (Fsp3) is 0.100. The van der Waals surface area contributed by atoms with E-state index in [4.69, 9.17) is 5.11 Å². The van der Waals surface area contributed by atoms with Gasteiger partial charge in [-0.15, -0.1) is 0 Å². The lowest BCUT2D eigenvalue weighted by molar-refractivity contribution is 0.112. The molecule has 0 heterocycles. The van der Waals surface area contributed by atoms with E-state index >= 15 is 0 Å². The first-order valence-electron chi connectivity index (χ1n) is 3.69. The number of hydrogen-bond donors (Lipinski definition) is 1. The molecule has 0 radical (unpaired) electrons. The van der Waals surface area contributed by atoms with E-state index in [0.29, 0.717) is 5.56 Å². The zero-order valence-electron chi connectivity index (χ0n) is 6.82. The van der Waals surface area contributed by atoms with Crippen LogP contribution in [0.2, 0.25) is 0 Å². The Balaban J connectivity index is 3.19. The highest BCUT2D eigenvalue weighted by molar-refractivity contribution is 5.82. The lowest BCUT2D eigenvalue weighted by Gasteiger charge is -1.98. The molecule has 0 atom stereocenters. The van der Waals surface area contributed by atoms with Crippen molar-refractivity contribution >= 4 is 12.4 Å². The summed E-state index contributed by atoms with van der Waals surface area (Å²) in [6.07, 6.45) is 4.40. The van der Waals surface area contributed by atoms with Gasteiger partial charge in [0.1, 0.15) is 5.75 Å². The number of aromatic hydroxyl groups is 1. The molecule has 1 aromatic rings. The molecule has 0 aliphatic rings. The minimum atomic E-state index is 0.116. The predicted molar refractivity (Wildman–Crippen MR) is 48.2 cm³/mol. The fourth-order valence-electron chi connectivity index (χ4n) is 0.996. The standard InChI is InChI=1S/C10H10O2/c1-2-3-8-4-5-10(12)6-9(8)7-11/h2-7,12H,1H3/b3-2-. The lowest BCUT2D eigenvalue weighted by atomic mass is 10.1. The van der Waals surface area contributed by atoms with Crippen molar-refractivity contribution in [3.63, 3.8) is 0 Å². The maximum atomic E-state index is 10.5. The third kappa shape index (κ3) is 1.72. The van der Waals surface area contributed by atoms with Crippen LogP contribution in [-0.2, 0) is 0 Å². The van der Waals surface area contributed by atoms with Crippen LogP contribution in [0.15, 0.2) is 24.3 Å². The molecule has 0 aliphatic carbocycles. The Bertz CT molecular complexity index is 314. The van der Waals surface area contributed by atoms with Crippen molar-refractivity contribution in [3.05, 3.63) is 35.4 Å². The molecule has 0 bridgehead atoms. The molecule has 0 unspecified atom stereocenters. The van der Waals surface area contributed by atoms with Crippen LogP contribution < -0.4 is 0 Å². The first kappa shape index (κ1) is 8.53. The summed E-state index contributed by atoms with van der Waals surface area (Å²) in [5.74, 6) is 0.116. The van der Waals surface area contributed by atoms with Crippen LogP contribution in [0.3, 0.4) is 0 Å². The second kappa shape index (κ2) is 3.72. The Labute approximate surface area is 71.2 Å². The zero-order valence-corrected chi connectivity index (χ0v) is 6.82. The monoisotopic (exact) mass is 162 g/mol. The molecule has 0 saturated heterocycles. The van der Waals surface area contributed by atoms with Gasteiger partial charge in [0.05, 0.1) is 0 Å². The van der Waals surface area contributed by atoms with Gasteiger partial charge in [-0.25, -0.2) is 0 Å². The maximum Gasteiger partial charge on any atom is 0.150 e. The Hall–Kier alpha value is -1.57. The van der Waals surface area contributed by atoms with Crippen molar-refractivity contribution in [1.82, 2.24) is 0 Å². The third-order valence-electron chi connectivity index (χ3n) is 1.54. The van der Waals surface area contributed by atoms with Crippen molar-refractivity contribution in [2.75, 3.05) is 0 Å². The van der Waals surface area contributed by atoms with Gasteiger partial charge < -0.3 is 5.11 Å². The highest BCUT2D eigenvalue weighted by Gasteiger charge is 1.98. The van der Waals surface area contributed by atoms with E-state index in [2.05, 4.69) is 0 Å². The van der Waals surface area contributed by atoms with Gasteiger partial charge in [-0.05, 0) is 24.6 Å². The zero-order chi connectivity index (χ0) is 8.97. The molecule has 1 N–H and O–H groups in total. The molecule has 2 nitrogen and oxygen atoms in total. The van der Waals surface area contributed by atoms with Crippen molar-refractivity contribution < 1.29 is 9.90 Å². The van der Waals surface area contributed by atoms with Crippen LogP contribution in [0.1, 0.15) is 22.8 Å². The topological polar surface area (TPSA) is 37.3 Å². The van der Waals surface area contributed by atoms with Crippen molar-refractivity contribution in [3.8, 4) is 5.75 Å². The molecule has 1 rings (SSSR count). The summed E-state index contributed by atoms with van der Waals surface area (Å²) in [5.41, 5.74) is 1.33. The van der Waals surface area contributed by atoms with Gasteiger partial charge in [0.25, 0.3) is 0 Å². The molecule has 12 heavy (non-hydrogen) atoms. The molecule has 0 aromatic heterocycles. The quantitative estimate of drug-likeness (QED) is 0.677. The Morgan fingerprint density at radius 1 is 1.33 bits per heavy atom. The molecule has 1 aromatic carbocycles. The summed E-state index contributed by atoms with van der Waals surface area (Å²) in [6.45, 7) is 1.88. The number of rotatable bonds is 2. The van der Waals surface area contributed by atoms with Crippen LogP contribution in [-0.4, -0.2) is 11.4 Å². The van der Waals surface area contributed by atoms with Crippen molar-refractivity contribution in [2.24, 2.45) is 0 Å². The molecular formula is C10H10O2. The average molecular weight is 162 g/mol. The molecule has 0 saturated carbocycles. The number of benzene rings is 1. The van der Waals surface area contributed by atoms with Crippen molar-refractivity contribution in [1.29, 1.82) is 0 Å². The number of phenolic OH excluding ortho intramolecular Hbond substituents is 1. The van der Waals surface area contributed by atoms with Crippen molar-refractivity contribution in [2.45, 2.75) is 6.92 Å². The lowest BCUT2D eigenvalue weighted by Crippen LogP contribution is -1.84. The Morgan fingerprint density at radius 2 is 2.08 bits per heavy atom. The van der Waals surface area contributed by atoms with E-state index < -0.39 is 0 Å². The molecule has 0 amide bonds. The van der Waals surface area contributed by atoms with Crippen LogP contribution in [0.4, 0.5) is 0 Å². The molecule has 0 aliphatic heterocycles. The summed E-state index contributed by atoms with van der Waals surface area (Å²) in [5, 5.41) is 9.05. The molecular weight excluding hydrogens is 152 g/mol. The smallest absolute Gasteiger partial charge is 0.150 e. The largest absolute Gasteiger partial charge is 0.508 e. The summed E-state index contributed by atoms with van der Waals surface area (Å²) in [7, 11) is 0. The molecule has 0 fully saturated rings. The number of hydrogen-bond acceptors (Lipinski definition) is 2. The van der Waals surface area contributed by atoms with Gasteiger partial charge in [-0.3, -0.25) is 4.79 Å². The number of aldehydes is 1. The number of phenols is 1. The predicted octanol–water partition coefficient (Wildman–Crippen LogP) is 2.24. The van der Waals surface area contributed by atoms with E-state index in [1.165, 1.54) is 6.07 Å². The Kier molecular flexibility index (Phi) is 2.64. The fourth-order valence-corrected chi connectivity index (χ4v) is 0.996. The number of carbonyl (C=O) groups excluding carboxylic acids is 1. The molecule has 2 heteroatoms. The minimum absolute atomic E-state index is 0.116. The van der Waals surface area contributed by atoms with Gasteiger partial charge in [-0.1, -0.05) is 18.2 Å². The van der Waals surface area contributed by atoms with E-state index in [9.17, 15) is 4.79 Å². The second-order valence-corrected chi connectivity index (χ2v) is 2.43. The highest BCUT2D eigenvalue weighted by Crippen LogP contribution is 2.15. The van der Waals surface area contributed by atoms with Gasteiger partial charge in [0.2, 0.25) is 0 Å². The van der Waals surface area contributed by atoms with Gasteiger partial charge in [0.15, 0.2) is 6.29 Å². The highest BCUT2D eigenvalue weighted by atomic mass is 16.3. The third-order valence-corrected chi connectivity index (χ3v) is 1.54. The summed E-state index contributed by atoms with van der Waals surface area (Å²) >= 11 is 0. The normalized spacial score (nSPS) is 10.4. The number of allylic oxidation sites excluding steroid dienone is 1. The van der Waals surface area contributed by atoms with Crippen LogP contribution >= 0.6 is 0 Å². The Morgan fingerprint density at radius 3 is 2.67 bits per heavy atom.